The van der Waals surface area contributed by atoms with Gasteiger partial charge in [0.1, 0.15) is 11.6 Å². The lowest BCUT2D eigenvalue weighted by molar-refractivity contribution is 0.381. The van der Waals surface area contributed by atoms with Gasteiger partial charge in [0.15, 0.2) is 17.1 Å². The van der Waals surface area contributed by atoms with Crippen LogP contribution in [0.5, 0.6) is 17.2 Å². The zero-order valence-corrected chi connectivity index (χ0v) is 21.2. The molecule has 2 aromatic carbocycles. The Hall–Kier alpha value is -3.98. The van der Waals surface area contributed by atoms with E-state index in [0.29, 0.717) is 40.5 Å². The van der Waals surface area contributed by atoms with Crippen molar-refractivity contribution in [2.45, 2.75) is 20.4 Å². The minimum absolute atomic E-state index is 0.0196. The topological polar surface area (TPSA) is 138 Å². The highest BCUT2D eigenvalue weighted by molar-refractivity contribution is 7.82. The molecule has 196 valence electrons. The van der Waals surface area contributed by atoms with Crippen LogP contribution in [0.3, 0.4) is 0 Å². The molecule has 0 atom stereocenters. The highest BCUT2D eigenvalue weighted by atomic mass is 32.3. The molecule has 0 aliphatic rings. The molecule has 0 bridgehead atoms. The molecule has 0 fully saturated rings. The third-order valence-electron chi connectivity index (χ3n) is 5.13. The quantitative estimate of drug-likeness (QED) is 0.304. The number of rotatable bonds is 9. The van der Waals surface area contributed by atoms with Gasteiger partial charge in [-0.3, -0.25) is 0 Å². The highest BCUT2D eigenvalue weighted by Gasteiger charge is 2.20. The average molecular weight is 555 g/mol. The van der Waals surface area contributed by atoms with Crippen LogP contribution in [0.4, 0.5) is 13.6 Å². The molecule has 0 saturated heterocycles. The monoisotopic (exact) mass is 554 g/mol. The normalized spacial score (nSPS) is 11.9. The Bertz CT molecular complexity index is 1690. The number of aromatic nitrogens is 3. The van der Waals surface area contributed by atoms with Crippen LogP contribution in [-0.2, 0) is 27.6 Å². The lowest BCUT2D eigenvalue weighted by atomic mass is 10.1. The van der Waals surface area contributed by atoms with Crippen LogP contribution in [-0.4, -0.2) is 38.5 Å². The first-order valence-electron chi connectivity index (χ1n) is 10.5. The Morgan fingerprint density at radius 2 is 1.59 bits per heavy atom. The molecule has 0 saturated carbocycles. The van der Waals surface area contributed by atoms with E-state index in [1.165, 1.54) is 31.4 Å². The molecule has 4 rings (SSSR count). The first kappa shape index (κ1) is 26.1. The standard InChI is InChI=1S/C22H20F2N4O7S2/c1-13-10-20(25-12-15-4-7-17(8-5-15)34-36(23,29)30)28-22(26-13)21(14(2)27-28)16-6-9-18(33-3)19(11-16)35-37(24,31)32/h4-11,25H,12H2,1-3H3. The van der Waals surface area contributed by atoms with Crippen LogP contribution in [0.25, 0.3) is 16.8 Å². The maximum absolute atomic E-state index is 13.2. The second kappa shape index (κ2) is 9.82. The first-order chi connectivity index (χ1) is 17.3. The number of anilines is 1. The van der Waals surface area contributed by atoms with Crippen molar-refractivity contribution < 1.29 is 37.7 Å². The van der Waals surface area contributed by atoms with Crippen molar-refractivity contribution in [2.24, 2.45) is 0 Å². The summed E-state index contributed by atoms with van der Waals surface area (Å²) in [6.45, 7) is 3.81. The molecule has 0 aliphatic heterocycles. The van der Waals surface area contributed by atoms with Gasteiger partial charge >= 0.3 is 21.0 Å². The summed E-state index contributed by atoms with van der Waals surface area (Å²) in [6, 6.07) is 11.9. The van der Waals surface area contributed by atoms with E-state index in [0.717, 1.165) is 5.56 Å². The largest absolute Gasteiger partial charge is 0.493 e. The van der Waals surface area contributed by atoms with Crippen LogP contribution in [0.15, 0.2) is 48.5 Å². The molecule has 0 aliphatic carbocycles. The maximum atomic E-state index is 13.2. The Balaban J connectivity index is 1.68. The van der Waals surface area contributed by atoms with Gasteiger partial charge in [-0.1, -0.05) is 26.0 Å². The number of nitrogens with one attached hydrogen (secondary N) is 1. The SMILES string of the molecule is COc1ccc(-c2c(C)nn3c(NCc4ccc(OS(=O)(=O)F)cc4)cc(C)nc23)cc1OS(=O)(=O)F. The number of ether oxygens (including phenoxy) is 1. The van der Waals surface area contributed by atoms with E-state index < -0.39 is 21.0 Å². The van der Waals surface area contributed by atoms with E-state index in [9.17, 15) is 24.6 Å². The third kappa shape index (κ3) is 6.24. The van der Waals surface area contributed by atoms with E-state index >= 15 is 0 Å². The van der Waals surface area contributed by atoms with E-state index in [2.05, 4.69) is 23.8 Å². The van der Waals surface area contributed by atoms with E-state index in [1.807, 2.05) is 0 Å². The number of hydrogen-bond acceptors (Lipinski definition) is 10. The summed E-state index contributed by atoms with van der Waals surface area (Å²) in [7, 11) is -9.11. The molecule has 4 aromatic rings. The summed E-state index contributed by atoms with van der Waals surface area (Å²) >= 11 is 0. The highest BCUT2D eigenvalue weighted by Crippen LogP contribution is 2.37. The third-order valence-corrected chi connectivity index (χ3v) is 5.90. The molecule has 15 heteroatoms. The average Bonchev–Trinajstić information content (AvgIpc) is 3.12. The minimum atomic E-state index is -5.29. The van der Waals surface area contributed by atoms with Gasteiger partial charge in [0.2, 0.25) is 0 Å². The lowest BCUT2D eigenvalue weighted by Crippen LogP contribution is -2.07. The molecule has 0 unspecified atom stereocenters. The second-order valence-electron chi connectivity index (χ2n) is 7.79. The predicted molar refractivity (Wildman–Crippen MR) is 130 cm³/mol. The molecule has 2 heterocycles. The zero-order valence-electron chi connectivity index (χ0n) is 19.6. The first-order valence-corrected chi connectivity index (χ1v) is 13.1. The molecule has 37 heavy (non-hydrogen) atoms. The van der Waals surface area contributed by atoms with Gasteiger partial charge in [-0.15, -0.1) is 0 Å². The Morgan fingerprint density at radius 1 is 0.919 bits per heavy atom. The van der Waals surface area contributed by atoms with Crippen molar-refractivity contribution in [3.8, 4) is 28.4 Å². The van der Waals surface area contributed by atoms with Crippen molar-refractivity contribution >= 4 is 32.5 Å². The predicted octanol–water partition coefficient (Wildman–Crippen LogP) is 3.82. The molecule has 1 N–H and O–H groups in total. The van der Waals surface area contributed by atoms with Gasteiger partial charge in [0.25, 0.3) is 0 Å². The summed E-state index contributed by atoms with van der Waals surface area (Å²) in [4.78, 5) is 4.57. The number of methoxy groups -OCH3 is 1. The Morgan fingerprint density at radius 3 is 2.22 bits per heavy atom. The molecule has 0 spiro atoms. The van der Waals surface area contributed by atoms with Crippen LogP contribution < -0.4 is 18.4 Å². The smallest absolute Gasteiger partial charge is 0.488 e. The number of halogens is 2. The number of benzene rings is 2. The molecular weight excluding hydrogens is 534 g/mol. The van der Waals surface area contributed by atoms with Gasteiger partial charge in [-0.05, 0) is 49.2 Å². The fourth-order valence-electron chi connectivity index (χ4n) is 3.68. The summed E-state index contributed by atoms with van der Waals surface area (Å²) in [5.74, 6) is 0.0929. The van der Waals surface area contributed by atoms with Crippen molar-refractivity contribution in [2.75, 3.05) is 12.4 Å². The van der Waals surface area contributed by atoms with Crippen LogP contribution in [0.2, 0.25) is 0 Å². The van der Waals surface area contributed by atoms with Crippen molar-refractivity contribution in [3.05, 3.63) is 65.5 Å². The molecular formula is C22H20F2N4O7S2. The molecule has 0 radical (unpaired) electrons. The van der Waals surface area contributed by atoms with Crippen molar-refractivity contribution in [1.29, 1.82) is 0 Å². The van der Waals surface area contributed by atoms with Gasteiger partial charge in [-0.25, -0.2) is 4.98 Å². The maximum Gasteiger partial charge on any atom is 0.488 e. The van der Waals surface area contributed by atoms with E-state index in [-0.39, 0.29) is 17.2 Å². The summed E-state index contributed by atoms with van der Waals surface area (Å²) in [5.41, 5.74) is 3.40. The van der Waals surface area contributed by atoms with E-state index in [1.54, 1.807) is 42.6 Å². The fraction of sp³-hybridized carbons (Fsp3) is 0.182. The zero-order chi connectivity index (χ0) is 27.0. The Kier molecular flexibility index (Phi) is 6.92. The van der Waals surface area contributed by atoms with Gasteiger partial charge < -0.3 is 18.4 Å². The number of aryl methyl sites for hydroxylation is 2. The molecule has 11 nitrogen and oxygen atoms in total. The van der Waals surface area contributed by atoms with Crippen LogP contribution >= 0.6 is 0 Å². The van der Waals surface area contributed by atoms with Gasteiger partial charge in [0, 0.05) is 23.9 Å². The molecule has 0 amide bonds. The minimum Gasteiger partial charge on any atom is -0.493 e. The summed E-state index contributed by atoms with van der Waals surface area (Å²) in [6.07, 6.45) is 0. The number of fused-ring (bicyclic) bond motifs is 1. The summed E-state index contributed by atoms with van der Waals surface area (Å²) < 4.78 is 84.6. The van der Waals surface area contributed by atoms with Gasteiger partial charge in [-0.2, -0.15) is 26.4 Å². The van der Waals surface area contributed by atoms with Gasteiger partial charge in [0.05, 0.1) is 12.8 Å². The van der Waals surface area contributed by atoms with E-state index in [4.69, 9.17) is 4.74 Å². The lowest BCUT2D eigenvalue weighted by Gasteiger charge is -2.11. The van der Waals surface area contributed by atoms with Crippen molar-refractivity contribution in [1.82, 2.24) is 14.6 Å². The number of hydrogen-bond donors (Lipinski definition) is 1. The number of nitrogens with zero attached hydrogens (tertiary/aromatic N) is 3. The fourth-order valence-corrected chi connectivity index (χ4v) is 4.37. The van der Waals surface area contributed by atoms with Crippen LogP contribution in [0, 0.1) is 13.8 Å². The second-order valence-corrected chi connectivity index (χ2v) is 9.70. The van der Waals surface area contributed by atoms with Crippen molar-refractivity contribution in [3.63, 3.8) is 0 Å². The van der Waals surface area contributed by atoms with Crippen LogP contribution in [0.1, 0.15) is 17.0 Å². The Labute approximate surface area is 211 Å². The molecule has 2 aromatic heterocycles. The summed E-state index contributed by atoms with van der Waals surface area (Å²) in [5, 5.41) is 7.76.